The van der Waals surface area contributed by atoms with Crippen LogP contribution in [0.15, 0.2) is 48.5 Å². The van der Waals surface area contributed by atoms with E-state index in [1.165, 1.54) is 0 Å². The smallest absolute Gasteiger partial charge is 0.233 e. The normalized spacial score (nSPS) is 10.0. The first-order valence-electron chi connectivity index (χ1n) is 8.04. The molecule has 2 N–H and O–H groups in total. The maximum atomic E-state index is 12.1. The average molecular weight is 342 g/mol. The number of amides is 2. The molecule has 6 heteroatoms. The molecule has 0 aliphatic rings. The summed E-state index contributed by atoms with van der Waals surface area (Å²) in [6, 6.07) is 14.5. The molecule has 2 aromatic rings. The van der Waals surface area contributed by atoms with Gasteiger partial charge >= 0.3 is 0 Å². The van der Waals surface area contributed by atoms with Gasteiger partial charge in [0.05, 0.1) is 19.4 Å². The Labute approximate surface area is 147 Å². The van der Waals surface area contributed by atoms with Crippen molar-refractivity contribution in [2.24, 2.45) is 0 Å². The maximum absolute atomic E-state index is 12.1. The maximum Gasteiger partial charge on any atom is 0.233 e. The summed E-state index contributed by atoms with van der Waals surface area (Å²) in [5.41, 5.74) is 1.40. The van der Waals surface area contributed by atoms with Crippen molar-refractivity contribution in [1.82, 2.24) is 5.32 Å². The zero-order valence-corrected chi connectivity index (χ0v) is 14.4. The third-order valence-electron chi connectivity index (χ3n) is 3.45. The lowest BCUT2D eigenvalue weighted by Crippen LogP contribution is -2.28. The molecule has 0 radical (unpaired) electrons. The molecule has 0 fully saturated rings. The Kier molecular flexibility index (Phi) is 6.83. The van der Waals surface area contributed by atoms with E-state index in [9.17, 15) is 9.59 Å². The molecule has 25 heavy (non-hydrogen) atoms. The summed E-state index contributed by atoms with van der Waals surface area (Å²) in [4.78, 5) is 24.0. The average Bonchev–Trinajstić information content (AvgIpc) is 2.62. The highest BCUT2D eigenvalue weighted by atomic mass is 16.5. The molecule has 0 unspecified atom stereocenters. The van der Waals surface area contributed by atoms with Crippen LogP contribution in [0.2, 0.25) is 0 Å². The van der Waals surface area contributed by atoms with Crippen LogP contribution in [0.1, 0.15) is 18.9 Å². The van der Waals surface area contributed by atoms with E-state index in [4.69, 9.17) is 9.47 Å². The number of nitrogens with one attached hydrogen (secondary N) is 2. The molecular formula is C19H22N2O4. The Hall–Kier alpha value is -3.02. The predicted molar refractivity (Wildman–Crippen MR) is 95.7 cm³/mol. The predicted octanol–water partition coefficient (Wildman–Crippen LogP) is 2.74. The molecular weight excluding hydrogens is 320 g/mol. The Morgan fingerprint density at radius 3 is 2.36 bits per heavy atom. The summed E-state index contributed by atoms with van der Waals surface area (Å²) < 4.78 is 10.7. The molecule has 0 spiro atoms. The van der Waals surface area contributed by atoms with Crippen LogP contribution in [-0.4, -0.2) is 25.5 Å². The van der Waals surface area contributed by atoms with E-state index in [0.717, 1.165) is 5.56 Å². The van der Waals surface area contributed by atoms with E-state index in [1.807, 2.05) is 37.3 Å². The van der Waals surface area contributed by atoms with Gasteiger partial charge in [-0.3, -0.25) is 9.59 Å². The molecule has 0 aliphatic heterocycles. The molecule has 2 amide bonds. The van der Waals surface area contributed by atoms with Gasteiger partial charge < -0.3 is 20.1 Å². The highest BCUT2D eigenvalue weighted by molar-refractivity contribution is 6.04. The standard InChI is InChI=1S/C19H22N2O4/c1-3-25-17-11-7-5-9-15(17)21-19(23)12-18(22)20-13-14-8-4-6-10-16(14)24-2/h4-11H,3,12-13H2,1-2H3,(H,20,22)(H,21,23). The zero-order valence-electron chi connectivity index (χ0n) is 14.4. The first-order valence-corrected chi connectivity index (χ1v) is 8.04. The highest BCUT2D eigenvalue weighted by Gasteiger charge is 2.12. The Morgan fingerprint density at radius 2 is 1.64 bits per heavy atom. The lowest BCUT2D eigenvalue weighted by Gasteiger charge is -2.12. The largest absolute Gasteiger partial charge is 0.496 e. The van der Waals surface area contributed by atoms with Crippen LogP contribution in [0.25, 0.3) is 0 Å². The first-order chi connectivity index (χ1) is 12.1. The molecule has 6 nitrogen and oxygen atoms in total. The Morgan fingerprint density at radius 1 is 0.960 bits per heavy atom. The van der Waals surface area contributed by atoms with Crippen LogP contribution < -0.4 is 20.1 Å². The summed E-state index contributed by atoms with van der Waals surface area (Å²) in [6.07, 6.45) is -0.268. The number of methoxy groups -OCH3 is 1. The third-order valence-corrected chi connectivity index (χ3v) is 3.45. The van der Waals surface area contributed by atoms with Gasteiger partial charge in [-0.25, -0.2) is 0 Å². The number of carbonyl (C=O) groups excluding carboxylic acids is 2. The number of carbonyl (C=O) groups is 2. The van der Waals surface area contributed by atoms with Gasteiger partial charge in [0.15, 0.2) is 0 Å². The Bertz CT molecular complexity index is 731. The topological polar surface area (TPSA) is 76.7 Å². The van der Waals surface area contributed by atoms with Crippen LogP contribution in [0.3, 0.4) is 0 Å². The number of anilines is 1. The molecule has 0 heterocycles. The Balaban J connectivity index is 1.87. The number of ether oxygens (including phenoxy) is 2. The van der Waals surface area contributed by atoms with Crippen LogP contribution in [-0.2, 0) is 16.1 Å². The minimum atomic E-state index is -0.398. The summed E-state index contributed by atoms with van der Waals surface area (Å²) >= 11 is 0. The number of hydrogen-bond donors (Lipinski definition) is 2. The van der Waals surface area contributed by atoms with Crippen LogP contribution in [0, 0.1) is 0 Å². The van der Waals surface area contributed by atoms with E-state index in [-0.39, 0.29) is 12.3 Å². The molecule has 0 saturated heterocycles. The zero-order chi connectivity index (χ0) is 18.1. The van der Waals surface area contributed by atoms with Gasteiger partial charge in [-0.05, 0) is 25.1 Å². The van der Waals surface area contributed by atoms with Crippen molar-refractivity contribution in [3.8, 4) is 11.5 Å². The summed E-state index contributed by atoms with van der Waals surface area (Å²) in [5.74, 6) is 0.507. The van der Waals surface area contributed by atoms with E-state index < -0.39 is 5.91 Å². The lowest BCUT2D eigenvalue weighted by molar-refractivity contribution is -0.126. The molecule has 0 aliphatic carbocycles. The third kappa shape index (κ3) is 5.53. The second-order valence-electron chi connectivity index (χ2n) is 5.24. The number of hydrogen-bond acceptors (Lipinski definition) is 4. The summed E-state index contributed by atoms with van der Waals surface area (Å²) in [6.45, 7) is 2.65. The van der Waals surface area contributed by atoms with Gasteiger partial charge in [0.25, 0.3) is 0 Å². The molecule has 132 valence electrons. The van der Waals surface area contributed by atoms with Crippen molar-refractivity contribution in [3.05, 3.63) is 54.1 Å². The number of para-hydroxylation sites is 3. The number of benzene rings is 2. The van der Waals surface area contributed by atoms with Crippen LogP contribution in [0.5, 0.6) is 11.5 Å². The molecule has 0 aromatic heterocycles. The number of rotatable bonds is 8. The minimum absolute atomic E-state index is 0.268. The second-order valence-corrected chi connectivity index (χ2v) is 5.24. The monoisotopic (exact) mass is 342 g/mol. The van der Waals surface area contributed by atoms with E-state index in [2.05, 4.69) is 10.6 Å². The SMILES string of the molecule is CCOc1ccccc1NC(=O)CC(=O)NCc1ccccc1OC. The fourth-order valence-electron chi connectivity index (χ4n) is 2.30. The fraction of sp³-hybridized carbons (Fsp3) is 0.263. The van der Waals surface area contributed by atoms with Crippen molar-refractivity contribution in [2.45, 2.75) is 19.9 Å². The van der Waals surface area contributed by atoms with Crippen molar-refractivity contribution < 1.29 is 19.1 Å². The van der Waals surface area contributed by atoms with Crippen molar-refractivity contribution in [1.29, 1.82) is 0 Å². The van der Waals surface area contributed by atoms with Gasteiger partial charge in [0.1, 0.15) is 17.9 Å². The molecule has 0 bridgehead atoms. The molecule has 0 atom stereocenters. The lowest BCUT2D eigenvalue weighted by atomic mass is 10.2. The quantitative estimate of drug-likeness (QED) is 0.723. The summed E-state index contributed by atoms with van der Waals surface area (Å²) in [7, 11) is 1.57. The second kappa shape index (κ2) is 9.32. The van der Waals surface area contributed by atoms with Gasteiger partial charge in [0, 0.05) is 12.1 Å². The summed E-state index contributed by atoms with van der Waals surface area (Å²) in [5, 5.41) is 5.42. The van der Waals surface area contributed by atoms with Crippen LogP contribution >= 0.6 is 0 Å². The first kappa shape index (κ1) is 18.3. The minimum Gasteiger partial charge on any atom is -0.496 e. The van der Waals surface area contributed by atoms with Gasteiger partial charge in [-0.1, -0.05) is 30.3 Å². The highest BCUT2D eigenvalue weighted by Crippen LogP contribution is 2.23. The molecule has 2 rings (SSSR count). The van der Waals surface area contributed by atoms with Gasteiger partial charge in [0.2, 0.25) is 11.8 Å². The molecule has 2 aromatic carbocycles. The van der Waals surface area contributed by atoms with Crippen molar-refractivity contribution in [3.63, 3.8) is 0 Å². The van der Waals surface area contributed by atoms with E-state index >= 15 is 0 Å². The molecule has 0 saturated carbocycles. The van der Waals surface area contributed by atoms with Crippen molar-refractivity contribution in [2.75, 3.05) is 19.0 Å². The van der Waals surface area contributed by atoms with Crippen LogP contribution in [0.4, 0.5) is 5.69 Å². The van der Waals surface area contributed by atoms with E-state index in [1.54, 1.807) is 25.3 Å². The van der Waals surface area contributed by atoms with Gasteiger partial charge in [-0.15, -0.1) is 0 Å². The fourth-order valence-corrected chi connectivity index (χ4v) is 2.30. The van der Waals surface area contributed by atoms with Crippen molar-refractivity contribution >= 4 is 17.5 Å². The van der Waals surface area contributed by atoms with E-state index in [0.29, 0.717) is 30.3 Å². The van der Waals surface area contributed by atoms with Gasteiger partial charge in [-0.2, -0.15) is 0 Å².